The Labute approximate surface area is 607 Å². The van der Waals surface area contributed by atoms with Gasteiger partial charge in [0, 0.05) is 25.7 Å². The fourth-order valence-corrected chi connectivity index (χ4v) is 13.9. The number of aliphatic hydroxyl groups is 1. The minimum absolute atomic E-state index is 0.106. The summed E-state index contributed by atoms with van der Waals surface area (Å²) in [5, 5.41) is 10.6. The molecule has 0 fully saturated rings. The number of phosphoric ester groups is 2. The van der Waals surface area contributed by atoms with Crippen molar-refractivity contribution in [1.29, 1.82) is 0 Å². The summed E-state index contributed by atoms with van der Waals surface area (Å²) >= 11 is 0. The quantitative estimate of drug-likeness (QED) is 0.0222. The minimum atomic E-state index is -4.96. The van der Waals surface area contributed by atoms with E-state index >= 15 is 0 Å². The van der Waals surface area contributed by atoms with Gasteiger partial charge in [-0.25, -0.2) is 9.13 Å². The zero-order valence-electron chi connectivity index (χ0n) is 64.8. The number of rotatable bonds is 79. The van der Waals surface area contributed by atoms with E-state index in [0.717, 1.165) is 102 Å². The molecule has 19 heteroatoms. The molecule has 0 amide bonds. The SMILES string of the molecule is CCCCCCCCCCCCCCCCCCCCC(=O)O[C@H](COC(=O)CCCCCCCCCCCCCCCCC)COP(=O)(O)OC[C@@H](O)COP(=O)(O)OC[C@@H](COC(=O)CCCCCCCCCCC(C)CC)OC(=O)CCCCCCCCCCCCCC(C)C. The van der Waals surface area contributed by atoms with Crippen LogP contribution in [0.3, 0.4) is 0 Å². The Morgan fingerprint density at radius 3 is 0.768 bits per heavy atom. The molecule has 0 aliphatic rings. The molecule has 3 N–H and O–H groups in total. The summed E-state index contributed by atoms with van der Waals surface area (Å²) in [7, 11) is -9.92. The van der Waals surface area contributed by atoms with Crippen LogP contribution in [0.5, 0.6) is 0 Å². The van der Waals surface area contributed by atoms with Gasteiger partial charge in [0.25, 0.3) is 0 Å². The standard InChI is InChI=1S/C80H156O17P2/c1-7-10-12-14-16-18-20-22-24-25-26-28-30-34-38-46-52-58-64-79(84)96-75(68-90-77(82)62-56-50-44-37-33-29-27-23-21-19-17-15-13-11-8-2)70-94-98(86,87)92-66-74(81)67-93-99(88,89)95-71-76(69-91-78(83)63-57-51-45-41-40-43-49-55-61-73(6)9-3)97-80(85)65-59-53-47-39-35-31-32-36-42-48-54-60-72(4)5/h72-76,81H,7-71H2,1-6H3,(H,86,87)(H,88,89)/t73?,74-,75-,76-/m1/s1. The molecule has 0 aliphatic carbocycles. The van der Waals surface area contributed by atoms with Crippen LogP contribution in [0.25, 0.3) is 0 Å². The van der Waals surface area contributed by atoms with Crippen molar-refractivity contribution < 1.29 is 80.2 Å². The van der Waals surface area contributed by atoms with E-state index in [4.69, 9.17) is 37.0 Å². The molecule has 0 aromatic rings. The molecule has 0 saturated carbocycles. The Hall–Kier alpha value is -1.94. The van der Waals surface area contributed by atoms with Crippen LogP contribution in [0.4, 0.5) is 0 Å². The van der Waals surface area contributed by atoms with Crippen molar-refractivity contribution in [2.75, 3.05) is 39.6 Å². The van der Waals surface area contributed by atoms with E-state index in [9.17, 15) is 43.2 Å². The number of hydrogen-bond donors (Lipinski definition) is 3. The van der Waals surface area contributed by atoms with Crippen LogP contribution >= 0.6 is 15.6 Å². The second-order valence-corrected chi connectivity index (χ2v) is 32.4. The van der Waals surface area contributed by atoms with Gasteiger partial charge in [-0.2, -0.15) is 0 Å². The molecule has 0 rings (SSSR count). The molecule has 0 heterocycles. The normalized spacial score (nSPS) is 14.2. The zero-order chi connectivity index (χ0) is 72.8. The van der Waals surface area contributed by atoms with E-state index in [1.807, 2.05) is 0 Å². The van der Waals surface area contributed by atoms with E-state index in [2.05, 4.69) is 41.5 Å². The van der Waals surface area contributed by atoms with Gasteiger partial charge in [-0.1, -0.05) is 369 Å². The summed E-state index contributed by atoms with van der Waals surface area (Å²) in [5.74, 6) is -0.566. The van der Waals surface area contributed by atoms with E-state index in [1.165, 1.54) is 238 Å². The monoisotopic (exact) mass is 1450 g/mol. The summed E-state index contributed by atoms with van der Waals surface area (Å²) in [6, 6.07) is 0. The second-order valence-electron chi connectivity index (χ2n) is 29.5. The third-order valence-electron chi connectivity index (χ3n) is 19.1. The van der Waals surface area contributed by atoms with Gasteiger partial charge >= 0.3 is 39.5 Å². The summed E-state index contributed by atoms with van der Waals surface area (Å²) in [6.07, 6.45) is 60.9. The van der Waals surface area contributed by atoms with Crippen molar-refractivity contribution in [3.8, 4) is 0 Å². The zero-order valence-corrected chi connectivity index (χ0v) is 66.6. The molecule has 17 nitrogen and oxygen atoms in total. The number of carbonyl (C=O) groups excluding carboxylic acids is 4. The second kappa shape index (κ2) is 71.7. The van der Waals surface area contributed by atoms with Crippen molar-refractivity contribution in [1.82, 2.24) is 0 Å². The Kier molecular flexibility index (Phi) is 70.3. The highest BCUT2D eigenvalue weighted by molar-refractivity contribution is 7.47. The van der Waals surface area contributed by atoms with Crippen LogP contribution in [-0.4, -0.2) is 96.7 Å². The fourth-order valence-electron chi connectivity index (χ4n) is 12.3. The first kappa shape index (κ1) is 97.1. The van der Waals surface area contributed by atoms with Gasteiger partial charge in [-0.15, -0.1) is 0 Å². The van der Waals surface area contributed by atoms with Crippen molar-refractivity contribution in [2.24, 2.45) is 11.8 Å². The highest BCUT2D eigenvalue weighted by Gasteiger charge is 2.30. The lowest BCUT2D eigenvalue weighted by Crippen LogP contribution is -2.30. The molecule has 0 spiro atoms. The van der Waals surface area contributed by atoms with Crippen molar-refractivity contribution in [3.05, 3.63) is 0 Å². The average Bonchev–Trinajstić information content (AvgIpc) is 2.00. The first-order chi connectivity index (χ1) is 47.9. The Morgan fingerprint density at radius 1 is 0.293 bits per heavy atom. The van der Waals surface area contributed by atoms with Gasteiger partial charge in [0.1, 0.15) is 19.3 Å². The van der Waals surface area contributed by atoms with Gasteiger partial charge in [-0.05, 0) is 37.5 Å². The number of phosphoric acid groups is 2. The third kappa shape index (κ3) is 72.8. The van der Waals surface area contributed by atoms with Crippen LogP contribution in [0.15, 0.2) is 0 Å². The molecular formula is C80H156O17P2. The predicted octanol–water partition coefficient (Wildman–Crippen LogP) is 23.9. The minimum Gasteiger partial charge on any atom is -0.462 e. The van der Waals surface area contributed by atoms with Crippen LogP contribution in [0, 0.1) is 11.8 Å². The largest absolute Gasteiger partial charge is 0.472 e. The van der Waals surface area contributed by atoms with E-state index in [0.29, 0.717) is 25.7 Å². The highest BCUT2D eigenvalue weighted by atomic mass is 31.2. The lowest BCUT2D eigenvalue weighted by Gasteiger charge is -2.21. The van der Waals surface area contributed by atoms with Gasteiger partial charge < -0.3 is 33.8 Å². The molecular weight excluding hydrogens is 1290 g/mol. The Bertz CT molecular complexity index is 1910. The third-order valence-corrected chi connectivity index (χ3v) is 21.0. The van der Waals surface area contributed by atoms with Crippen molar-refractivity contribution in [3.63, 3.8) is 0 Å². The van der Waals surface area contributed by atoms with E-state index in [-0.39, 0.29) is 25.7 Å². The van der Waals surface area contributed by atoms with Crippen molar-refractivity contribution in [2.45, 2.75) is 439 Å². The van der Waals surface area contributed by atoms with Crippen LogP contribution in [-0.2, 0) is 65.4 Å². The number of carbonyl (C=O) groups is 4. The lowest BCUT2D eigenvalue weighted by molar-refractivity contribution is -0.161. The summed E-state index contributed by atoms with van der Waals surface area (Å²) in [6.45, 7) is 9.64. The Balaban J connectivity index is 5.26. The fraction of sp³-hybridized carbons (Fsp3) is 0.950. The van der Waals surface area contributed by atoms with Gasteiger partial charge in [-0.3, -0.25) is 37.3 Å². The molecule has 99 heavy (non-hydrogen) atoms. The Morgan fingerprint density at radius 2 is 0.515 bits per heavy atom. The molecule has 0 saturated heterocycles. The smallest absolute Gasteiger partial charge is 0.462 e. The number of esters is 4. The molecule has 0 radical (unpaired) electrons. The summed E-state index contributed by atoms with van der Waals surface area (Å²) < 4.78 is 68.7. The highest BCUT2D eigenvalue weighted by Crippen LogP contribution is 2.45. The average molecular weight is 1450 g/mol. The van der Waals surface area contributed by atoms with Gasteiger partial charge in [0.2, 0.25) is 0 Å². The first-order valence-electron chi connectivity index (χ1n) is 41.5. The first-order valence-corrected chi connectivity index (χ1v) is 44.5. The number of hydrogen-bond acceptors (Lipinski definition) is 15. The summed E-state index contributed by atoms with van der Waals surface area (Å²) in [5.41, 5.74) is 0. The molecule has 0 bridgehead atoms. The maximum absolute atomic E-state index is 13.1. The molecule has 6 atom stereocenters. The van der Waals surface area contributed by atoms with Crippen LogP contribution in [0.2, 0.25) is 0 Å². The maximum Gasteiger partial charge on any atom is 0.472 e. The molecule has 588 valence electrons. The van der Waals surface area contributed by atoms with Crippen LogP contribution in [0.1, 0.15) is 420 Å². The van der Waals surface area contributed by atoms with Crippen LogP contribution < -0.4 is 0 Å². The lowest BCUT2D eigenvalue weighted by atomic mass is 9.99. The topological polar surface area (TPSA) is 237 Å². The molecule has 0 aliphatic heterocycles. The summed E-state index contributed by atoms with van der Waals surface area (Å²) in [4.78, 5) is 73.0. The van der Waals surface area contributed by atoms with Gasteiger partial charge in [0.05, 0.1) is 26.4 Å². The molecule has 0 aromatic carbocycles. The van der Waals surface area contributed by atoms with Crippen molar-refractivity contribution >= 4 is 39.5 Å². The maximum atomic E-state index is 13.1. The van der Waals surface area contributed by atoms with E-state index < -0.39 is 97.5 Å². The van der Waals surface area contributed by atoms with E-state index in [1.54, 1.807) is 0 Å². The molecule has 3 unspecified atom stereocenters. The van der Waals surface area contributed by atoms with Gasteiger partial charge in [0.15, 0.2) is 12.2 Å². The number of aliphatic hydroxyl groups excluding tert-OH is 1. The number of unbranched alkanes of at least 4 members (excludes halogenated alkanes) is 48. The predicted molar refractivity (Wildman–Crippen MR) is 405 cm³/mol. The molecule has 0 aromatic heterocycles. The number of ether oxygens (including phenoxy) is 4.